The molecule has 2 amide bonds. The van der Waals surface area contributed by atoms with Crippen LogP contribution in [0.1, 0.15) is 30.1 Å². The smallest absolute Gasteiger partial charge is 0.251 e. The van der Waals surface area contributed by atoms with Gasteiger partial charge in [-0.2, -0.15) is 0 Å². The van der Waals surface area contributed by atoms with Crippen molar-refractivity contribution in [1.29, 1.82) is 0 Å². The van der Waals surface area contributed by atoms with Crippen LogP contribution in [0.2, 0.25) is 0 Å². The van der Waals surface area contributed by atoms with E-state index in [-0.39, 0.29) is 17.9 Å². The van der Waals surface area contributed by atoms with Crippen LogP contribution >= 0.6 is 0 Å². The van der Waals surface area contributed by atoms with Gasteiger partial charge in [0.05, 0.1) is 14.2 Å². The maximum absolute atomic E-state index is 12.4. The molecule has 0 aromatic heterocycles. The molecule has 0 bridgehead atoms. The summed E-state index contributed by atoms with van der Waals surface area (Å²) >= 11 is 0. The molecule has 1 saturated heterocycles. The Labute approximate surface area is 142 Å². The molecule has 0 aliphatic carbocycles. The van der Waals surface area contributed by atoms with E-state index in [4.69, 9.17) is 9.47 Å². The van der Waals surface area contributed by atoms with Crippen LogP contribution in [-0.2, 0) is 4.79 Å². The maximum Gasteiger partial charge on any atom is 0.251 e. The topological polar surface area (TPSA) is 67.9 Å². The van der Waals surface area contributed by atoms with Gasteiger partial charge in [0.2, 0.25) is 5.91 Å². The molecular formula is C18H24N2O4. The van der Waals surface area contributed by atoms with Crippen molar-refractivity contribution in [3.8, 4) is 11.5 Å². The Morgan fingerprint density at radius 1 is 1.17 bits per heavy atom. The quantitative estimate of drug-likeness (QED) is 0.838. The summed E-state index contributed by atoms with van der Waals surface area (Å²) in [7, 11) is 3.09. The molecule has 6 heteroatoms. The average Bonchev–Trinajstić information content (AvgIpc) is 2.61. The Morgan fingerprint density at radius 2 is 1.83 bits per heavy atom. The molecule has 0 radical (unpaired) electrons. The third-order valence-electron chi connectivity index (χ3n) is 4.10. The van der Waals surface area contributed by atoms with Crippen molar-refractivity contribution >= 4 is 11.8 Å². The lowest BCUT2D eigenvalue weighted by Gasteiger charge is -2.31. The van der Waals surface area contributed by atoms with Crippen LogP contribution in [0.25, 0.3) is 0 Å². The zero-order valence-electron chi connectivity index (χ0n) is 14.4. The first-order valence-electron chi connectivity index (χ1n) is 8.03. The molecule has 1 N–H and O–H groups in total. The summed E-state index contributed by atoms with van der Waals surface area (Å²) < 4.78 is 10.4. The van der Waals surface area contributed by atoms with Crippen LogP contribution in [0, 0.1) is 0 Å². The van der Waals surface area contributed by atoms with E-state index in [9.17, 15) is 9.59 Å². The van der Waals surface area contributed by atoms with Crippen molar-refractivity contribution in [2.24, 2.45) is 0 Å². The van der Waals surface area contributed by atoms with Crippen LogP contribution in [-0.4, -0.2) is 50.1 Å². The molecule has 0 atom stereocenters. The SMILES string of the molecule is C/C=C/C(=O)N1CCC(NC(=O)c2ccc(OC)c(OC)c2)CC1. The lowest BCUT2D eigenvalue weighted by atomic mass is 10.0. The third-order valence-corrected chi connectivity index (χ3v) is 4.10. The first-order valence-corrected chi connectivity index (χ1v) is 8.03. The number of piperidine rings is 1. The molecule has 0 unspecified atom stereocenters. The zero-order chi connectivity index (χ0) is 17.5. The predicted octanol–water partition coefficient (Wildman–Crippen LogP) is 2.00. The molecular weight excluding hydrogens is 308 g/mol. The molecule has 0 spiro atoms. The molecule has 2 rings (SSSR count). The molecule has 1 aromatic carbocycles. The molecule has 6 nitrogen and oxygen atoms in total. The number of likely N-dealkylation sites (tertiary alicyclic amines) is 1. The number of ether oxygens (including phenoxy) is 2. The number of benzene rings is 1. The van der Waals surface area contributed by atoms with E-state index in [0.29, 0.717) is 30.2 Å². The third kappa shape index (κ3) is 4.28. The fraction of sp³-hybridized carbons (Fsp3) is 0.444. The molecule has 1 aliphatic heterocycles. The number of hydrogen-bond acceptors (Lipinski definition) is 4. The van der Waals surface area contributed by atoms with Crippen LogP contribution in [0.3, 0.4) is 0 Å². The molecule has 1 fully saturated rings. The van der Waals surface area contributed by atoms with Gasteiger partial charge in [0, 0.05) is 24.7 Å². The standard InChI is InChI=1S/C18H24N2O4/c1-4-5-17(21)20-10-8-14(9-11-20)19-18(22)13-6-7-15(23-2)16(12-13)24-3/h4-7,12,14H,8-11H2,1-3H3,(H,19,22)/b5-4+. The lowest BCUT2D eigenvalue weighted by molar-refractivity contribution is -0.127. The zero-order valence-corrected chi connectivity index (χ0v) is 14.4. The minimum atomic E-state index is -0.144. The van der Waals surface area contributed by atoms with Crippen molar-refractivity contribution in [3.05, 3.63) is 35.9 Å². The average molecular weight is 332 g/mol. The number of carbonyl (C=O) groups excluding carboxylic acids is 2. The highest BCUT2D eigenvalue weighted by Gasteiger charge is 2.23. The molecule has 1 aromatic rings. The number of rotatable bonds is 5. The number of amides is 2. The summed E-state index contributed by atoms with van der Waals surface area (Å²) in [5.41, 5.74) is 0.528. The largest absolute Gasteiger partial charge is 0.493 e. The van der Waals surface area contributed by atoms with Crippen molar-refractivity contribution in [2.75, 3.05) is 27.3 Å². The van der Waals surface area contributed by atoms with Gasteiger partial charge in [-0.05, 0) is 44.0 Å². The Balaban J connectivity index is 1.93. The highest BCUT2D eigenvalue weighted by atomic mass is 16.5. The highest BCUT2D eigenvalue weighted by molar-refractivity contribution is 5.95. The van der Waals surface area contributed by atoms with Gasteiger partial charge in [-0.25, -0.2) is 0 Å². The second-order valence-corrected chi connectivity index (χ2v) is 5.64. The number of hydrogen-bond donors (Lipinski definition) is 1. The minimum Gasteiger partial charge on any atom is -0.493 e. The fourth-order valence-electron chi connectivity index (χ4n) is 2.74. The summed E-state index contributed by atoms with van der Waals surface area (Å²) in [5, 5.41) is 3.02. The molecule has 1 aliphatic rings. The second kappa shape index (κ2) is 8.38. The Kier molecular flexibility index (Phi) is 6.23. The number of allylic oxidation sites excluding steroid dienone is 1. The summed E-state index contributed by atoms with van der Waals surface area (Å²) in [4.78, 5) is 26.0. The second-order valence-electron chi connectivity index (χ2n) is 5.64. The van der Waals surface area contributed by atoms with Gasteiger partial charge in [0.15, 0.2) is 11.5 Å². The van der Waals surface area contributed by atoms with Gasteiger partial charge in [-0.15, -0.1) is 0 Å². The van der Waals surface area contributed by atoms with E-state index in [1.54, 1.807) is 42.4 Å². The molecule has 24 heavy (non-hydrogen) atoms. The number of carbonyl (C=O) groups is 2. The van der Waals surface area contributed by atoms with E-state index in [1.807, 2.05) is 6.92 Å². The van der Waals surface area contributed by atoms with Gasteiger partial charge in [-0.3, -0.25) is 9.59 Å². The maximum atomic E-state index is 12.4. The van der Waals surface area contributed by atoms with Crippen LogP contribution < -0.4 is 14.8 Å². The Morgan fingerprint density at radius 3 is 2.42 bits per heavy atom. The van der Waals surface area contributed by atoms with Gasteiger partial charge < -0.3 is 19.7 Å². The van der Waals surface area contributed by atoms with Crippen molar-refractivity contribution in [3.63, 3.8) is 0 Å². The molecule has 1 heterocycles. The monoisotopic (exact) mass is 332 g/mol. The summed E-state index contributed by atoms with van der Waals surface area (Å²) in [6.07, 6.45) is 4.82. The first-order chi connectivity index (χ1) is 11.6. The lowest BCUT2D eigenvalue weighted by Crippen LogP contribution is -2.46. The van der Waals surface area contributed by atoms with Crippen molar-refractivity contribution in [1.82, 2.24) is 10.2 Å². The van der Waals surface area contributed by atoms with E-state index in [0.717, 1.165) is 12.8 Å². The number of nitrogens with one attached hydrogen (secondary N) is 1. The van der Waals surface area contributed by atoms with Gasteiger partial charge >= 0.3 is 0 Å². The van der Waals surface area contributed by atoms with E-state index in [1.165, 1.54) is 7.11 Å². The number of nitrogens with zero attached hydrogens (tertiary/aromatic N) is 1. The normalized spacial score (nSPS) is 15.4. The first kappa shape index (κ1) is 17.8. The van der Waals surface area contributed by atoms with Gasteiger partial charge in [-0.1, -0.05) is 6.08 Å². The van der Waals surface area contributed by atoms with Crippen LogP contribution in [0.15, 0.2) is 30.4 Å². The Bertz CT molecular complexity index is 619. The van der Waals surface area contributed by atoms with Crippen molar-refractivity contribution < 1.29 is 19.1 Å². The van der Waals surface area contributed by atoms with Crippen molar-refractivity contribution in [2.45, 2.75) is 25.8 Å². The minimum absolute atomic E-state index is 0.0298. The van der Waals surface area contributed by atoms with E-state index >= 15 is 0 Å². The van der Waals surface area contributed by atoms with Crippen LogP contribution in [0.5, 0.6) is 11.5 Å². The predicted molar refractivity (Wildman–Crippen MR) is 91.4 cm³/mol. The van der Waals surface area contributed by atoms with Gasteiger partial charge in [0.25, 0.3) is 5.91 Å². The fourth-order valence-corrected chi connectivity index (χ4v) is 2.74. The molecule has 130 valence electrons. The molecule has 0 saturated carbocycles. The van der Waals surface area contributed by atoms with Crippen LogP contribution in [0.4, 0.5) is 0 Å². The Hall–Kier alpha value is -2.50. The summed E-state index contributed by atoms with van der Waals surface area (Å²) in [6.45, 7) is 3.13. The van der Waals surface area contributed by atoms with E-state index < -0.39 is 0 Å². The van der Waals surface area contributed by atoms with Gasteiger partial charge in [0.1, 0.15) is 0 Å². The van der Waals surface area contributed by atoms with E-state index in [2.05, 4.69) is 5.32 Å². The highest BCUT2D eigenvalue weighted by Crippen LogP contribution is 2.27. The number of methoxy groups -OCH3 is 2. The summed E-state index contributed by atoms with van der Waals surface area (Å²) in [6, 6.07) is 5.16. The summed E-state index contributed by atoms with van der Waals surface area (Å²) in [5.74, 6) is 0.998.